The maximum atomic E-state index is 12.8. The van der Waals surface area contributed by atoms with Crippen LogP contribution in [-0.2, 0) is 9.59 Å². The van der Waals surface area contributed by atoms with Gasteiger partial charge in [0.2, 0.25) is 0 Å². The van der Waals surface area contributed by atoms with Crippen LogP contribution in [0.5, 0.6) is 5.75 Å². The molecule has 4 rings (SSSR count). The summed E-state index contributed by atoms with van der Waals surface area (Å²) in [5.74, 6) is -2.64. The Morgan fingerprint density at radius 2 is 1.52 bits per heavy atom. The van der Waals surface area contributed by atoms with Crippen molar-refractivity contribution < 1.29 is 23.9 Å². The number of nitrogens with one attached hydrogen (secondary N) is 3. The summed E-state index contributed by atoms with van der Waals surface area (Å²) in [7, 11) is 0. The molecule has 0 aromatic heterocycles. The Bertz CT molecular complexity index is 1580. The SMILES string of the molecule is Cc1ccc(NC(=O)c2ccccc2NC(=O)C(=O)N/N=C\c2ccc(OC(=O)c3cccc(Br)c3)cc2)cc1. The molecule has 9 nitrogen and oxygen atoms in total. The van der Waals surface area contributed by atoms with Gasteiger partial charge in [0.25, 0.3) is 5.91 Å². The molecular formula is C30H23BrN4O5. The van der Waals surface area contributed by atoms with E-state index in [0.717, 1.165) is 10.0 Å². The van der Waals surface area contributed by atoms with Crippen molar-refractivity contribution >= 4 is 57.2 Å². The molecule has 40 heavy (non-hydrogen) atoms. The average Bonchev–Trinajstić information content (AvgIpc) is 2.95. The number of hydrogen-bond acceptors (Lipinski definition) is 6. The van der Waals surface area contributed by atoms with Gasteiger partial charge >= 0.3 is 17.8 Å². The van der Waals surface area contributed by atoms with Crippen LogP contribution in [0.2, 0.25) is 0 Å². The van der Waals surface area contributed by atoms with Crippen molar-refractivity contribution in [3.63, 3.8) is 0 Å². The van der Waals surface area contributed by atoms with Gasteiger partial charge in [-0.1, -0.05) is 51.8 Å². The summed E-state index contributed by atoms with van der Waals surface area (Å²) in [6.07, 6.45) is 1.33. The Morgan fingerprint density at radius 1 is 0.800 bits per heavy atom. The van der Waals surface area contributed by atoms with Gasteiger partial charge in [-0.3, -0.25) is 14.4 Å². The summed E-state index contributed by atoms with van der Waals surface area (Å²) in [6.45, 7) is 1.94. The normalized spacial score (nSPS) is 10.6. The molecule has 0 saturated carbocycles. The first-order valence-corrected chi connectivity index (χ1v) is 12.8. The molecular weight excluding hydrogens is 576 g/mol. The van der Waals surface area contributed by atoms with Crippen molar-refractivity contribution in [3.05, 3.63) is 124 Å². The second-order valence-corrected chi connectivity index (χ2v) is 9.40. The molecule has 0 bridgehead atoms. The third-order valence-electron chi connectivity index (χ3n) is 5.47. The van der Waals surface area contributed by atoms with E-state index in [1.54, 1.807) is 72.8 Å². The van der Waals surface area contributed by atoms with Crippen molar-refractivity contribution in [2.24, 2.45) is 5.10 Å². The molecule has 0 unspecified atom stereocenters. The van der Waals surface area contributed by atoms with Crippen LogP contribution < -0.4 is 20.8 Å². The number of ether oxygens (including phenoxy) is 1. The van der Waals surface area contributed by atoms with Crippen LogP contribution in [0.25, 0.3) is 0 Å². The highest BCUT2D eigenvalue weighted by Gasteiger charge is 2.18. The lowest BCUT2D eigenvalue weighted by Gasteiger charge is -2.11. The monoisotopic (exact) mass is 598 g/mol. The number of nitrogens with zero attached hydrogens (tertiary/aromatic N) is 1. The van der Waals surface area contributed by atoms with Gasteiger partial charge < -0.3 is 15.4 Å². The first-order valence-electron chi connectivity index (χ1n) is 12.0. The summed E-state index contributed by atoms with van der Waals surface area (Å²) in [4.78, 5) is 49.7. The number of para-hydroxylation sites is 1. The number of carbonyl (C=O) groups is 4. The Kier molecular flexibility index (Phi) is 9.16. The molecule has 0 aliphatic rings. The number of amides is 3. The Morgan fingerprint density at radius 3 is 2.25 bits per heavy atom. The molecule has 0 heterocycles. The number of anilines is 2. The van der Waals surface area contributed by atoms with Crippen LogP contribution in [0, 0.1) is 6.92 Å². The summed E-state index contributed by atoms with van der Waals surface area (Å²) >= 11 is 3.31. The van der Waals surface area contributed by atoms with E-state index in [-0.39, 0.29) is 11.3 Å². The van der Waals surface area contributed by atoms with E-state index >= 15 is 0 Å². The third kappa shape index (κ3) is 7.71. The molecule has 0 spiro atoms. The fourth-order valence-corrected chi connectivity index (χ4v) is 3.82. The predicted octanol–water partition coefficient (Wildman–Crippen LogP) is 5.32. The maximum absolute atomic E-state index is 12.8. The molecule has 0 saturated heterocycles. The molecule has 4 aromatic carbocycles. The molecule has 3 N–H and O–H groups in total. The van der Waals surface area contributed by atoms with Gasteiger partial charge in [-0.15, -0.1) is 0 Å². The van der Waals surface area contributed by atoms with E-state index in [1.807, 2.05) is 19.1 Å². The van der Waals surface area contributed by atoms with Crippen molar-refractivity contribution in [3.8, 4) is 5.75 Å². The fourth-order valence-electron chi connectivity index (χ4n) is 3.42. The lowest BCUT2D eigenvalue weighted by Crippen LogP contribution is -2.33. The number of halogens is 1. The van der Waals surface area contributed by atoms with E-state index in [9.17, 15) is 19.2 Å². The van der Waals surface area contributed by atoms with Gasteiger partial charge in [0.15, 0.2) is 0 Å². The number of carbonyl (C=O) groups excluding carboxylic acids is 4. The molecule has 0 radical (unpaired) electrons. The first kappa shape index (κ1) is 27.9. The predicted molar refractivity (Wildman–Crippen MR) is 155 cm³/mol. The van der Waals surface area contributed by atoms with E-state index in [1.165, 1.54) is 18.3 Å². The second kappa shape index (κ2) is 13.1. The Labute approximate surface area is 238 Å². The minimum absolute atomic E-state index is 0.171. The van der Waals surface area contributed by atoms with Crippen LogP contribution >= 0.6 is 15.9 Å². The summed E-state index contributed by atoms with van der Waals surface area (Å²) in [6, 6.07) is 26.8. The Hall–Kier alpha value is -5.09. The number of rotatable bonds is 7. The van der Waals surface area contributed by atoms with Crippen molar-refractivity contribution in [1.29, 1.82) is 0 Å². The summed E-state index contributed by atoms with van der Waals surface area (Å²) < 4.78 is 6.11. The summed E-state index contributed by atoms with van der Waals surface area (Å²) in [5.41, 5.74) is 5.14. The number of esters is 1. The number of hydrazone groups is 1. The largest absolute Gasteiger partial charge is 0.423 e. The average molecular weight is 599 g/mol. The van der Waals surface area contributed by atoms with Gasteiger partial charge in [-0.05, 0) is 79.2 Å². The highest BCUT2D eigenvalue weighted by Crippen LogP contribution is 2.19. The fraction of sp³-hybridized carbons (Fsp3) is 0.0333. The standard InChI is InChI=1S/C30H23BrN4O5/c1-19-9-13-23(14-10-19)33-27(36)25-7-2-3-8-26(25)34-28(37)29(38)35-32-18-20-11-15-24(16-12-20)40-30(39)21-5-4-6-22(31)17-21/h2-18H,1H3,(H,33,36)(H,34,37)(H,35,38)/b32-18-. The van der Waals surface area contributed by atoms with Crippen molar-refractivity contribution in [2.45, 2.75) is 6.92 Å². The van der Waals surface area contributed by atoms with Crippen LogP contribution in [0.15, 0.2) is 107 Å². The first-order chi connectivity index (χ1) is 19.3. The van der Waals surface area contributed by atoms with Gasteiger partial charge in [-0.25, -0.2) is 10.2 Å². The van der Waals surface area contributed by atoms with Crippen LogP contribution in [0.4, 0.5) is 11.4 Å². The van der Waals surface area contributed by atoms with Gasteiger partial charge in [0, 0.05) is 10.2 Å². The second-order valence-electron chi connectivity index (χ2n) is 8.49. The van der Waals surface area contributed by atoms with Crippen molar-refractivity contribution in [2.75, 3.05) is 10.6 Å². The van der Waals surface area contributed by atoms with Crippen molar-refractivity contribution in [1.82, 2.24) is 5.43 Å². The van der Waals surface area contributed by atoms with E-state index in [0.29, 0.717) is 22.6 Å². The highest BCUT2D eigenvalue weighted by atomic mass is 79.9. The molecule has 0 fully saturated rings. The van der Waals surface area contributed by atoms with Crippen LogP contribution in [0.1, 0.15) is 31.8 Å². The van der Waals surface area contributed by atoms with E-state index in [2.05, 4.69) is 37.1 Å². The molecule has 10 heteroatoms. The van der Waals surface area contributed by atoms with E-state index < -0.39 is 23.7 Å². The molecule has 3 amide bonds. The zero-order chi connectivity index (χ0) is 28.5. The summed E-state index contributed by atoms with van der Waals surface area (Å²) in [5, 5.41) is 9.00. The van der Waals surface area contributed by atoms with Crippen LogP contribution in [0.3, 0.4) is 0 Å². The minimum atomic E-state index is -1.02. The molecule has 0 aliphatic carbocycles. The maximum Gasteiger partial charge on any atom is 0.343 e. The van der Waals surface area contributed by atoms with Gasteiger partial charge in [0.05, 0.1) is 23.0 Å². The lowest BCUT2D eigenvalue weighted by atomic mass is 10.1. The number of hydrogen-bond donors (Lipinski definition) is 3. The number of aryl methyl sites for hydroxylation is 1. The minimum Gasteiger partial charge on any atom is -0.423 e. The van der Waals surface area contributed by atoms with Crippen LogP contribution in [-0.4, -0.2) is 29.9 Å². The smallest absolute Gasteiger partial charge is 0.343 e. The molecule has 4 aromatic rings. The third-order valence-corrected chi connectivity index (χ3v) is 5.96. The lowest BCUT2D eigenvalue weighted by molar-refractivity contribution is -0.136. The zero-order valence-electron chi connectivity index (χ0n) is 21.2. The zero-order valence-corrected chi connectivity index (χ0v) is 22.8. The topological polar surface area (TPSA) is 126 Å². The number of benzene rings is 4. The van der Waals surface area contributed by atoms with Gasteiger partial charge in [0.1, 0.15) is 5.75 Å². The molecule has 0 aliphatic heterocycles. The van der Waals surface area contributed by atoms with Gasteiger partial charge in [-0.2, -0.15) is 5.10 Å². The van der Waals surface area contributed by atoms with E-state index in [4.69, 9.17) is 4.74 Å². The quantitative estimate of drug-likeness (QED) is 0.0872. The Balaban J connectivity index is 1.30. The molecule has 200 valence electrons. The highest BCUT2D eigenvalue weighted by molar-refractivity contribution is 9.10. The molecule has 0 atom stereocenters.